The summed E-state index contributed by atoms with van der Waals surface area (Å²) >= 11 is 5.85. The first-order valence-corrected chi connectivity index (χ1v) is 8.43. The van der Waals surface area contributed by atoms with E-state index in [0.717, 1.165) is 11.1 Å². The van der Waals surface area contributed by atoms with Crippen molar-refractivity contribution in [1.29, 1.82) is 0 Å². The lowest BCUT2D eigenvalue weighted by molar-refractivity contribution is -0.387. The molecule has 1 heterocycles. The largest absolute Gasteiger partial charge is 0.489 e. The van der Waals surface area contributed by atoms with E-state index in [1.807, 2.05) is 12.1 Å². The smallest absolute Gasteiger partial charge is 0.395 e. The number of hydrogen-bond donors (Lipinski definition) is 2. The van der Waals surface area contributed by atoms with E-state index in [1.165, 1.54) is 6.08 Å². The second-order valence-corrected chi connectivity index (χ2v) is 6.14. The highest BCUT2D eigenvalue weighted by molar-refractivity contribution is 6.30. The summed E-state index contributed by atoms with van der Waals surface area (Å²) in [7, 11) is 0. The molecule has 0 aliphatic rings. The Balaban J connectivity index is 1.73. The van der Waals surface area contributed by atoms with Gasteiger partial charge in [0.25, 0.3) is 5.88 Å². The summed E-state index contributed by atoms with van der Waals surface area (Å²) in [5.41, 5.74) is -0.311. The minimum Gasteiger partial charge on any atom is -0.489 e. The molecule has 0 saturated carbocycles. The molecule has 2 aromatic carbocycles. The Morgan fingerprint density at radius 2 is 1.96 bits per heavy atom. The van der Waals surface area contributed by atoms with Crippen LogP contribution in [0.4, 0.5) is 5.69 Å². The quantitative estimate of drug-likeness (QED) is 0.481. The number of halogens is 1. The third-order valence-corrected chi connectivity index (χ3v) is 3.94. The molecule has 0 spiro atoms. The molecule has 0 amide bonds. The highest BCUT2D eigenvalue weighted by Crippen LogP contribution is 2.19. The van der Waals surface area contributed by atoms with E-state index in [4.69, 9.17) is 16.3 Å². The van der Waals surface area contributed by atoms with Crippen molar-refractivity contribution in [3.63, 3.8) is 0 Å². The number of aromatic hydroxyl groups is 1. The molecule has 0 radical (unpaired) electrons. The van der Waals surface area contributed by atoms with Crippen LogP contribution in [0.15, 0.2) is 53.3 Å². The van der Waals surface area contributed by atoms with Crippen LogP contribution in [0.2, 0.25) is 5.02 Å². The van der Waals surface area contributed by atoms with Gasteiger partial charge in [0, 0.05) is 5.02 Å². The average Bonchev–Trinajstić information content (AvgIpc) is 2.65. The first kappa shape index (κ1) is 19.1. The molecule has 142 valence electrons. The molecule has 0 atom stereocenters. The number of H-pyrrole nitrogens is 1. The number of aromatic nitrogens is 2. The zero-order valence-corrected chi connectivity index (χ0v) is 15.1. The fourth-order valence-electron chi connectivity index (χ4n) is 2.35. The van der Waals surface area contributed by atoms with Gasteiger partial charge in [0.05, 0.1) is 4.92 Å². The number of nitro groups is 1. The minimum atomic E-state index is -1.03. The molecule has 0 unspecified atom stereocenters. The normalized spacial score (nSPS) is 10.9. The topological polar surface area (TPSA) is 118 Å². The average molecular weight is 400 g/mol. The van der Waals surface area contributed by atoms with Gasteiger partial charge in [0.2, 0.25) is 0 Å². The van der Waals surface area contributed by atoms with Gasteiger partial charge in [-0.25, -0.2) is 0 Å². The number of nitrogens with one attached hydrogen (secondary N) is 1. The van der Waals surface area contributed by atoms with Crippen LogP contribution in [0, 0.1) is 10.1 Å². The van der Waals surface area contributed by atoms with Crippen molar-refractivity contribution in [3.05, 3.63) is 91.0 Å². The van der Waals surface area contributed by atoms with Crippen molar-refractivity contribution in [2.24, 2.45) is 0 Å². The van der Waals surface area contributed by atoms with Crippen molar-refractivity contribution in [3.8, 4) is 11.6 Å². The Hall–Kier alpha value is -3.65. The number of ether oxygens (including phenoxy) is 1. The molecule has 0 aliphatic heterocycles. The predicted molar refractivity (Wildman–Crippen MR) is 104 cm³/mol. The van der Waals surface area contributed by atoms with E-state index in [0.29, 0.717) is 17.4 Å². The van der Waals surface area contributed by atoms with E-state index in [9.17, 15) is 20.0 Å². The first-order valence-electron chi connectivity index (χ1n) is 8.05. The van der Waals surface area contributed by atoms with Gasteiger partial charge in [-0.1, -0.05) is 41.9 Å². The Labute approximate surface area is 163 Å². The maximum absolute atomic E-state index is 11.6. The lowest BCUT2D eigenvalue weighted by Gasteiger charge is -2.07. The molecule has 9 heteroatoms. The van der Waals surface area contributed by atoms with Crippen LogP contribution in [0.3, 0.4) is 0 Å². The lowest BCUT2D eigenvalue weighted by Crippen LogP contribution is -2.14. The molecule has 3 aromatic rings. The molecule has 0 aliphatic carbocycles. The summed E-state index contributed by atoms with van der Waals surface area (Å²) in [4.78, 5) is 27.2. The van der Waals surface area contributed by atoms with Crippen LogP contribution in [0.25, 0.3) is 12.2 Å². The molecule has 0 fully saturated rings. The van der Waals surface area contributed by atoms with Crippen molar-refractivity contribution >= 4 is 29.4 Å². The van der Waals surface area contributed by atoms with Crippen LogP contribution in [-0.4, -0.2) is 20.0 Å². The summed E-state index contributed by atoms with van der Waals surface area (Å²) in [6.45, 7) is 0.370. The Bertz CT molecular complexity index is 1090. The molecule has 0 saturated heterocycles. The maximum atomic E-state index is 11.6. The summed E-state index contributed by atoms with van der Waals surface area (Å²) in [6, 6.07) is 14.5. The second-order valence-electron chi connectivity index (χ2n) is 5.70. The van der Waals surface area contributed by atoms with Gasteiger partial charge in [-0.2, -0.15) is 4.98 Å². The van der Waals surface area contributed by atoms with Gasteiger partial charge in [-0.3, -0.25) is 14.9 Å². The number of rotatable bonds is 6. The third kappa shape index (κ3) is 4.74. The monoisotopic (exact) mass is 399 g/mol. The van der Waals surface area contributed by atoms with Gasteiger partial charge in [-0.05, 0) is 41.5 Å². The van der Waals surface area contributed by atoms with E-state index in [1.54, 1.807) is 42.5 Å². The molecule has 28 heavy (non-hydrogen) atoms. The summed E-state index contributed by atoms with van der Waals surface area (Å²) in [6.07, 6.45) is 3.04. The summed E-state index contributed by atoms with van der Waals surface area (Å²) in [5.74, 6) is -0.320. The molecule has 0 bridgehead atoms. The summed E-state index contributed by atoms with van der Waals surface area (Å²) < 4.78 is 5.74. The van der Waals surface area contributed by atoms with E-state index in [2.05, 4.69) is 9.97 Å². The van der Waals surface area contributed by atoms with Crippen molar-refractivity contribution in [1.82, 2.24) is 9.97 Å². The number of nitrogens with zero attached hydrogens (tertiary/aromatic N) is 2. The molecular formula is C19H14ClN3O5. The summed E-state index contributed by atoms with van der Waals surface area (Å²) in [5, 5.41) is 20.9. The van der Waals surface area contributed by atoms with Crippen molar-refractivity contribution < 1.29 is 14.8 Å². The SMILES string of the molecule is O=c1[nH]c(C=Cc2cccc(OCc3ccc(Cl)cc3)c2)nc(O)c1[N+](=O)[O-]. The van der Waals surface area contributed by atoms with E-state index >= 15 is 0 Å². The highest BCUT2D eigenvalue weighted by atomic mass is 35.5. The fraction of sp³-hybridized carbons (Fsp3) is 0.0526. The lowest BCUT2D eigenvalue weighted by atomic mass is 10.2. The Kier molecular flexibility index (Phi) is 5.71. The number of hydrogen-bond acceptors (Lipinski definition) is 6. The molecular weight excluding hydrogens is 386 g/mol. The predicted octanol–water partition coefficient (Wildman–Crippen LogP) is 3.79. The van der Waals surface area contributed by atoms with Crippen LogP contribution < -0.4 is 10.3 Å². The van der Waals surface area contributed by atoms with Crippen LogP contribution in [0.1, 0.15) is 17.0 Å². The van der Waals surface area contributed by atoms with Crippen LogP contribution >= 0.6 is 11.6 Å². The van der Waals surface area contributed by atoms with Gasteiger partial charge in [-0.15, -0.1) is 0 Å². The van der Waals surface area contributed by atoms with E-state index in [-0.39, 0.29) is 5.82 Å². The molecule has 2 N–H and O–H groups in total. The second kappa shape index (κ2) is 8.36. The first-order chi connectivity index (χ1) is 13.4. The molecule has 1 aromatic heterocycles. The molecule has 8 nitrogen and oxygen atoms in total. The zero-order chi connectivity index (χ0) is 20.1. The van der Waals surface area contributed by atoms with Crippen LogP contribution in [0.5, 0.6) is 11.6 Å². The van der Waals surface area contributed by atoms with E-state index < -0.39 is 22.0 Å². The highest BCUT2D eigenvalue weighted by Gasteiger charge is 2.21. The molecule has 3 rings (SSSR count). The third-order valence-electron chi connectivity index (χ3n) is 3.69. The van der Waals surface area contributed by atoms with Gasteiger partial charge >= 0.3 is 11.2 Å². The maximum Gasteiger partial charge on any atom is 0.395 e. The van der Waals surface area contributed by atoms with Gasteiger partial charge in [0.1, 0.15) is 18.2 Å². The Morgan fingerprint density at radius 1 is 1.21 bits per heavy atom. The fourth-order valence-corrected chi connectivity index (χ4v) is 2.47. The van der Waals surface area contributed by atoms with Crippen LogP contribution in [-0.2, 0) is 6.61 Å². The minimum absolute atomic E-state index is 0.0133. The Morgan fingerprint density at radius 3 is 2.64 bits per heavy atom. The van der Waals surface area contributed by atoms with Gasteiger partial charge in [0.15, 0.2) is 0 Å². The standard InChI is InChI=1S/C19H14ClN3O5/c20-14-7-4-13(5-8-14)11-28-15-3-1-2-12(10-15)6-9-16-21-18(24)17(23(26)27)19(25)22-16/h1-10H,11H2,(H2,21,22,24,25). The van der Waals surface area contributed by atoms with Gasteiger partial charge < -0.3 is 14.8 Å². The van der Waals surface area contributed by atoms with Crippen molar-refractivity contribution in [2.45, 2.75) is 6.61 Å². The zero-order valence-electron chi connectivity index (χ0n) is 14.3. The number of aromatic amines is 1. The number of benzene rings is 2. The van der Waals surface area contributed by atoms with Crippen molar-refractivity contribution in [2.75, 3.05) is 0 Å².